The molecule has 1 aliphatic heterocycles. The van der Waals surface area contributed by atoms with Crippen molar-refractivity contribution in [1.82, 2.24) is 20.5 Å². The summed E-state index contributed by atoms with van der Waals surface area (Å²) in [6, 6.07) is 7.58. The first-order valence-corrected chi connectivity index (χ1v) is 10.4. The molecule has 0 radical (unpaired) electrons. The number of anilines is 2. The lowest BCUT2D eigenvalue weighted by molar-refractivity contribution is 0.0936. The van der Waals surface area contributed by atoms with Crippen molar-refractivity contribution in [3.05, 3.63) is 30.0 Å². The van der Waals surface area contributed by atoms with Gasteiger partial charge in [-0.15, -0.1) is 11.8 Å². The number of nitrogens with one attached hydrogen (secondary N) is 3. The van der Waals surface area contributed by atoms with E-state index in [0.29, 0.717) is 29.6 Å². The molecule has 0 saturated heterocycles. The highest BCUT2D eigenvalue weighted by atomic mass is 32.2. The average Bonchev–Trinajstić information content (AvgIpc) is 3.27. The van der Waals surface area contributed by atoms with Gasteiger partial charge in [-0.2, -0.15) is 5.10 Å². The number of carbonyl (C=O) groups excluding carboxylic acids is 1. The monoisotopic (exact) mass is 416 g/mol. The first-order valence-electron chi connectivity index (χ1n) is 9.59. The summed E-state index contributed by atoms with van der Waals surface area (Å²) in [5.41, 5.74) is 1.33. The van der Waals surface area contributed by atoms with Crippen LogP contribution in [0.15, 0.2) is 34.4 Å². The second-order valence-electron chi connectivity index (χ2n) is 7.41. The number of nitrogens with zero attached hydrogens (tertiary/aromatic N) is 3. The Morgan fingerprint density at radius 1 is 1.31 bits per heavy atom. The molecule has 29 heavy (non-hydrogen) atoms. The number of fused-ring (bicyclic) bond motifs is 6. The third kappa shape index (κ3) is 5.00. The van der Waals surface area contributed by atoms with Crippen molar-refractivity contribution >= 4 is 35.2 Å². The van der Waals surface area contributed by atoms with E-state index >= 15 is 0 Å². The van der Waals surface area contributed by atoms with Crippen molar-refractivity contribution in [1.29, 1.82) is 0 Å². The van der Waals surface area contributed by atoms with E-state index in [-0.39, 0.29) is 17.5 Å². The predicted octanol–water partition coefficient (Wildman–Crippen LogP) is 3.43. The van der Waals surface area contributed by atoms with Crippen molar-refractivity contribution < 1.29 is 14.4 Å². The van der Waals surface area contributed by atoms with Crippen LogP contribution < -0.4 is 10.6 Å². The van der Waals surface area contributed by atoms with Gasteiger partial charge in [0.25, 0.3) is 0 Å². The van der Waals surface area contributed by atoms with Gasteiger partial charge < -0.3 is 20.2 Å². The van der Waals surface area contributed by atoms with Crippen molar-refractivity contribution in [2.45, 2.75) is 49.0 Å². The van der Waals surface area contributed by atoms with Crippen LogP contribution in [0, 0.1) is 0 Å². The molecule has 1 saturated carbocycles. The number of rotatable bonds is 0. The topological polar surface area (TPSA) is 114 Å². The van der Waals surface area contributed by atoms with Gasteiger partial charge in [0.1, 0.15) is 24.2 Å². The van der Waals surface area contributed by atoms with E-state index in [1.54, 1.807) is 11.8 Å². The summed E-state index contributed by atoms with van der Waals surface area (Å²) in [7, 11) is 0. The molecule has 3 heterocycles. The summed E-state index contributed by atoms with van der Waals surface area (Å²) in [4.78, 5) is 21.9. The zero-order valence-corrected chi connectivity index (χ0v) is 17.2. The fourth-order valence-corrected chi connectivity index (χ4v) is 4.73. The molecule has 1 amide bonds. The molecule has 9 nitrogen and oxygen atoms in total. The molecule has 6 bridgehead atoms. The fourth-order valence-electron chi connectivity index (χ4n) is 3.45. The first-order chi connectivity index (χ1) is 14.0. The van der Waals surface area contributed by atoms with Crippen LogP contribution in [0.1, 0.15) is 38.8 Å². The molecule has 3 N–H and O–H groups in total. The Labute approximate surface area is 173 Å². The molecule has 0 spiro atoms. The quantitative estimate of drug-likeness (QED) is 0.603. The largest absolute Gasteiger partial charge is 0.446 e. The van der Waals surface area contributed by atoms with E-state index in [1.165, 1.54) is 0 Å². The van der Waals surface area contributed by atoms with Crippen LogP contribution in [0.5, 0.6) is 0 Å². The smallest absolute Gasteiger partial charge is 0.407 e. The molecule has 0 aromatic carbocycles. The summed E-state index contributed by atoms with van der Waals surface area (Å²) >= 11 is 1.72. The maximum absolute atomic E-state index is 12.0. The van der Waals surface area contributed by atoms with Crippen LogP contribution >= 0.6 is 11.8 Å². The maximum Gasteiger partial charge on any atom is 0.407 e. The van der Waals surface area contributed by atoms with Gasteiger partial charge in [0.15, 0.2) is 5.82 Å². The van der Waals surface area contributed by atoms with Crippen LogP contribution in [0.2, 0.25) is 0 Å². The molecule has 2 aliphatic rings. The predicted molar refractivity (Wildman–Crippen MR) is 111 cm³/mol. The van der Waals surface area contributed by atoms with E-state index < -0.39 is 6.09 Å². The van der Waals surface area contributed by atoms with Gasteiger partial charge in [-0.3, -0.25) is 5.10 Å². The van der Waals surface area contributed by atoms with Crippen molar-refractivity contribution in [2.24, 2.45) is 5.16 Å². The summed E-state index contributed by atoms with van der Waals surface area (Å²) in [6.07, 6.45) is 2.07. The molecule has 10 heteroatoms. The highest BCUT2D eigenvalue weighted by Crippen LogP contribution is 2.45. The number of aromatic nitrogens is 3. The lowest BCUT2D eigenvalue weighted by atomic mass is 10.1. The number of hydrogen-bond donors (Lipinski definition) is 3. The Balaban J connectivity index is 1.56. The van der Waals surface area contributed by atoms with E-state index in [9.17, 15) is 4.79 Å². The molecule has 2 aromatic heterocycles. The molecule has 2 aromatic rings. The summed E-state index contributed by atoms with van der Waals surface area (Å²) in [6.45, 7) is 4.57. The highest BCUT2D eigenvalue weighted by Gasteiger charge is 2.38. The van der Waals surface area contributed by atoms with E-state index in [2.05, 4.69) is 37.9 Å². The zero-order valence-electron chi connectivity index (χ0n) is 16.4. The van der Waals surface area contributed by atoms with E-state index in [1.807, 2.05) is 31.2 Å². The summed E-state index contributed by atoms with van der Waals surface area (Å²) < 4.78 is 5.53. The minimum atomic E-state index is -0.422. The van der Waals surface area contributed by atoms with Gasteiger partial charge in [-0.1, -0.05) is 11.2 Å². The standard InChI is InChI=1S/C19H24N6O3S/c1-12-14-4-3-5-15(21-14)22-16-10-17(24-23-16)29-19(2)7-6-13(11-19)28-18(26)20-8-9-27-25-12/h3-5,10,13H,6-9,11H2,1-2H3,(H,20,26)(H2,21,22,23,24)/b25-12+/t13-,19+/m1/s1. The normalized spacial score (nSPS) is 27.0. The number of alkyl carbamates (subject to hydrolysis) is 1. The van der Waals surface area contributed by atoms with Crippen LogP contribution in [0.25, 0.3) is 0 Å². The Hall–Kier alpha value is -2.75. The van der Waals surface area contributed by atoms with Gasteiger partial charge in [0, 0.05) is 10.8 Å². The molecular weight excluding hydrogens is 392 g/mol. The van der Waals surface area contributed by atoms with Gasteiger partial charge >= 0.3 is 6.09 Å². The lowest BCUT2D eigenvalue weighted by Gasteiger charge is -2.22. The molecule has 0 unspecified atom stereocenters. The Kier molecular flexibility index (Phi) is 5.61. The molecule has 154 valence electrons. The minimum Gasteiger partial charge on any atom is -0.446 e. The third-order valence-electron chi connectivity index (χ3n) is 4.88. The summed E-state index contributed by atoms with van der Waals surface area (Å²) in [5, 5.41) is 18.4. The van der Waals surface area contributed by atoms with E-state index in [4.69, 9.17) is 9.57 Å². The Morgan fingerprint density at radius 2 is 2.21 bits per heavy atom. The third-order valence-corrected chi connectivity index (χ3v) is 6.17. The second-order valence-corrected chi connectivity index (χ2v) is 9.04. The van der Waals surface area contributed by atoms with Gasteiger partial charge in [0.05, 0.1) is 17.3 Å². The second kappa shape index (κ2) is 8.32. The molecular formula is C19H24N6O3S. The van der Waals surface area contributed by atoms with Gasteiger partial charge in [-0.05, 0) is 45.2 Å². The van der Waals surface area contributed by atoms with Gasteiger partial charge in [-0.25, -0.2) is 9.78 Å². The van der Waals surface area contributed by atoms with Gasteiger partial charge in [0.2, 0.25) is 0 Å². The fraction of sp³-hybridized carbons (Fsp3) is 0.474. The van der Waals surface area contributed by atoms with Crippen LogP contribution in [-0.4, -0.2) is 51.0 Å². The minimum absolute atomic E-state index is 0.0239. The molecule has 4 rings (SSSR count). The zero-order chi connectivity index (χ0) is 20.3. The first kappa shape index (κ1) is 19.6. The van der Waals surface area contributed by atoms with Crippen LogP contribution in [0.4, 0.5) is 16.4 Å². The van der Waals surface area contributed by atoms with E-state index in [0.717, 1.165) is 24.3 Å². The average molecular weight is 417 g/mol. The number of amides is 1. The lowest BCUT2D eigenvalue weighted by Crippen LogP contribution is -2.31. The number of ether oxygens (including phenoxy) is 1. The Bertz CT molecular complexity index is 917. The Morgan fingerprint density at radius 3 is 3.10 bits per heavy atom. The maximum atomic E-state index is 12.0. The highest BCUT2D eigenvalue weighted by molar-refractivity contribution is 8.00. The number of H-pyrrole nitrogens is 1. The van der Waals surface area contributed by atoms with Crippen molar-refractivity contribution in [2.75, 3.05) is 18.5 Å². The van der Waals surface area contributed by atoms with Crippen molar-refractivity contribution in [3.63, 3.8) is 0 Å². The van der Waals surface area contributed by atoms with Crippen LogP contribution in [-0.2, 0) is 9.57 Å². The number of aromatic amines is 1. The number of carbonyl (C=O) groups is 1. The number of thioether (sulfide) groups is 1. The number of oxime groups is 1. The van der Waals surface area contributed by atoms with Crippen molar-refractivity contribution in [3.8, 4) is 0 Å². The van der Waals surface area contributed by atoms with Crippen LogP contribution in [0.3, 0.4) is 0 Å². The number of pyridine rings is 1. The molecule has 1 aliphatic carbocycles. The number of hydrogen-bond acceptors (Lipinski definition) is 8. The molecule has 1 fully saturated rings. The molecule has 2 atom stereocenters. The SMILES string of the molecule is C/C1=N\OCCNC(=O)O[C@@H]2CC[C@@](C)(C2)Sc2cc(n[nH]2)Nc2cccc1n2. The summed E-state index contributed by atoms with van der Waals surface area (Å²) in [5.74, 6) is 1.36.